The van der Waals surface area contributed by atoms with Gasteiger partial charge >= 0.3 is 7.12 Å². The predicted molar refractivity (Wildman–Crippen MR) is 118 cm³/mol. The first-order valence-corrected chi connectivity index (χ1v) is 9.65. The van der Waals surface area contributed by atoms with Crippen LogP contribution in [0, 0.1) is 0 Å². The van der Waals surface area contributed by atoms with E-state index in [4.69, 9.17) is 28.4 Å². The van der Waals surface area contributed by atoms with Crippen molar-refractivity contribution >= 4 is 28.5 Å². The Morgan fingerprint density at radius 2 is 1.00 bits per heavy atom. The summed E-state index contributed by atoms with van der Waals surface area (Å²) in [5.41, 5.74) is 2.06. The van der Waals surface area contributed by atoms with E-state index in [1.54, 1.807) is 40.6 Å². The average Bonchev–Trinajstić information content (AvgIpc) is 2.74. The van der Waals surface area contributed by atoms with E-state index in [2.05, 4.69) is 15.9 Å². The number of halogens is 1. The van der Waals surface area contributed by atoms with Crippen molar-refractivity contribution < 1.29 is 38.5 Å². The van der Waals surface area contributed by atoms with Gasteiger partial charge in [-0.1, -0.05) is 0 Å². The molecule has 0 saturated carbocycles. The summed E-state index contributed by atoms with van der Waals surface area (Å²) in [7, 11) is 7.75. The minimum atomic E-state index is -1.64. The summed E-state index contributed by atoms with van der Waals surface area (Å²) in [6.07, 6.45) is 0. The number of ether oxygens (including phenoxy) is 6. The molecule has 0 radical (unpaired) electrons. The lowest BCUT2D eigenvalue weighted by Gasteiger charge is -2.14. The van der Waals surface area contributed by atoms with Gasteiger partial charge in [-0.05, 0) is 51.3 Å². The van der Waals surface area contributed by atoms with E-state index < -0.39 is 7.12 Å². The van der Waals surface area contributed by atoms with E-state index in [0.717, 1.165) is 27.1 Å². The second kappa shape index (κ2) is 13.4. The highest BCUT2D eigenvalue weighted by Crippen LogP contribution is 2.35. The van der Waals surface area contributed by atoms with Gasteiger partial charge in [-0.15, -0.1) is 0 Å². The van der Waals surface area contributed by atoms with E-state index in [1.807, 2.05) is 12.1 Å². The van der Waals surface area contributed by atoms with Crippen LogP contribution >= 0.6 is 15.9 Å². The van der Waals surface area contributed by atoms with Gasteiger partial charge in [-0.25, -0.2) is 0 Å². The molecule has 0 heterocycles. The maximum atomic E-state index is 9.23. The quantitative estimate of drug-likeness (QED) is 0.520. The Labute approximate surface area is 185 Å². The maximum absolute atomic E-state index is 9.23. The predicted octanol–water partition coefficient (Wildman–Crippen LogP) is 2.14. The van der Waals surface area contributed by atoms with Crippen molar-refractivity contribution in [2.45, 2.75) is 13.2 Å². The number of hydrogen-bond acceptors (Lipinski definition) is 8. The average molecular weight is 487 g/mol. The molecular formula is C20H28BBrO8. The van der Waals surface area contributed by atoms with Crippen LogP contribution in [0.4, 0.5) is 0 Å². The molecule has 166 valence electrons. The lowest BCUT2D eigenvalue weighted by molar-refractivity contribution is 0.184. The summed E-state index contributed by atoms with van der Waals surface area (Å²) < 4.78 is 31.4. The third-order valence-corrected chi connectivity index (χ3v) is 4.77. The number of hydrogen-bond donors (Lipinski definition) is 2. The lowest BCUT2D eigenvalue weighted by atomic mass is 9.78. The molecule has 0 aromatic heterocycles. The minimum Gasteiger partial charge on any atom is -0.497 e. The Hall–Kier alpha value is -1.98. The largest absolute Gasteiger partial charge is 0.497 e. The molecule has 0 unspecified atom stereocenters. The Kier molecular flexibility index (Phi) is 11.6. The van der Waals surface area contributed by atoms with Gasteiger partial charge in [0.2, 0.25) is 0 Å². The van der Waals surface area contributed by atoms with Gasteiger partial charge in [0.15, 0.2) is 0 Å². The zero-order chi connectivity index (χ0) is 22.7. The summed E-state index contributed by atoms with van der Waals surface area (Å²) in [5.74, 6) is 2.22. The molecule has 0 atom stereocenters. The fourth-order valence-electron chi connectivity index (χ4n) is 2.67. The van der Waals surface area contributed by atoms with Gasteiger partial charge in [0.05, 0.1) is 47.1 Å². The Morgan fingerprint density at radius 1 is 0.667 bits per heavy atom. The van der Waals surface area contributed by atoms with Crippen molar-refractivity contribution in [3.63, 3.8) is 0 Å². The Morgan fingerprint density at radius 3 is 1.27 bits per heavy atom. The number of methoxy groups -OCH3 is 6. The van der Waals surface area contributed by atoms with E-state index in [1.165, 1.54) is 14.2 Å². The second-order valence-electron chi connectivity index (χ2n) is 5.97. The molecule has 2 rings (SSSR count). The van der Waals surface area contributed by atoms with E-state index in [0.29, 0.717) is 24.7 Å². The molecule has 0 bridgehead atoms. The van der Waals surface area contributed by atoms with Crippen molar-refractivity contribution in [2.24, 2.45) is 0 Å². The molecule has 2 aromatic rings. The molecule has 0 spiro atoms. The van der Waals surface area contributed by atoms with Gasteiger partial charge < -0.3 is 38.5 Å². The summed E-state index contributed by atoms with van der Waals surface area (Å²) in [6, 6.07) is 7.19. The minimum absolute atomic E-state index is 0.213. The van der Waals surface area contributed by atoms with Crippen molar-refractivity contribution in [1.29, 1.82) is 0 Å². The van der Waals surface area contributed by atoms with Crippen LogP contribution in [-0.2, 0) is 22.7 Å². The van der Waals surface area contributed by atoms with Crippen LogP contribution in [0.25, 0.3) is 0 Å². The molecule has 0 fully saturated rings. The van der Waals surface area contributed by atoms with Gasteiger partial charge in [0, 0.05) is 14.2 Å². The fourth-order valence-corrected chi connectivity index (χ4v) is 3.22. The van der Waals surface area contributed by atoms with Crippen LogP contribution in [0.15, 0.2) is 28.7 Å². The monoisotopic (exact) mass is 486 g/mol. The molecule has 0 amide bonds. The Balaban J connectivity index is 0.000000303. The maximum Gasteiger partial charge on any atom is 0.496 e. The van der Waals surface area contributed by atoms with E-state index >= 15 is 0 Å². The van der Waals surface area contributed by atoms with Crippen LogP contribution in [0.3, 0.4) is 0 Å². The summed E-state index contributed by atoms with van der Waals surface area (Å²) in [6.45, 7) is 0.939. The first kappa shape index (κ1) is 26.1. The molecule has 0 saturated heterocycles. The van der Waals surface area contributed by atoms with Crippen molar-refractivity contribution in [1.82, 2.24) is 0 Å². The zero-order valence-electron chi connectivity index (χ0n) is 18.0. The summed E-state index contributed by atoms with van der Waals surface area (Å²) in [4.78, 5) is 0. The molecule has 0 aliphatic rings. The molecule has 10 heteroatoms. The second-order valence-corrected chi connectivity index (χ2v) is 6.76. The smallest absolute Gasteiger partial charge is 0.496 e. The summed E-state index contributed by atoms with van der Waals surface area (Å²) in [5, 5.41) is 18.5. The van der Waals surface area contributed by atoms with E-state index in [9.17, 15) is 10.0 Å². The van der Waals surface area contributed by atoms with Gasteiger partial charge in [-0.2, -0.15) is 0 Å². The van der Waals surface area contributed by atoms with Crippen molar-refractivity contribution in [2.75, 3.05) is 42.7 Å². The van der Waals surface area contributed by atoms with Crippen molar-refractivity contribution in [3.05, 3.63) is 39.9 Å². The number of benzene rings is 2. The normalized spacial score (nSPS) is 10.0. The first-order valence-electron chi connectivity index (χ1n) is 8.85. The van der Waals surface area contributed by atoms with Crippen LogP contribution in [0.2, 0.25) is 0 Å². The van der Waals surface area contributed by atoms with Gasteiger partial charge in [-0.3, -0.25) is 0 Å². The Bertz CT molecular complexity index is 750. The molecule has 30 heavy (non-hydrogen) atoms. The third kappa shape index (κ3) is 7.07. The highest BCUT2D eigenvalue weighted by Gasteiger charge is 2.23. The van der Waals surface area contributed by atoms with E-state index in [-0.39, 0.29) is 5.46 Å². The molecule has 2 N–H and O–H groups in total. The lowest BCUT2D eigenvalue weighted by Crippen LogP contribution is -2.32. The first-order chi connectivity index (χ1) is 14.4. The fraction of sp³-hybridized carbons (Fsp3) is 0.400. The van der Waals surface area contributed by atoms with Crippen LogP contribution < -0.4 is 24.4 Å². The van der Waals surface area contributed by atoms with Crippen LogP contribution in [0.5, 0.6) is 23.0 Å². The highest BCUT2D eigenvalue weighted by atomic mass is 79.9. The molecular weight excluding hydrogens is 459 g/mol. The highest BCUT2D eigenvalue weighted by molar-refractivity contribution is 9.10. The summed E-state index contributed by atoms with van der Waals surface area (Å²) >= 11 is 3.40. The standard InChI is InChI=1S/C10H15BO5.C10H13BrO3/c1-14-6-7-4-8(15-2)10(11(12)13)9(5-7)16-3;1-12-6-7-4-8(13-2)10(11)9(5-7)14-3/h4-5,12-13H,6H2,1-3H3;4-5H,6H2,1-3H3. The molecule has 2 aromatic carbocycles. The van der Waals surface area contributed by atoms with Crippen LogP contribution in [0.1, 0.15) is 11.1 Å². The van der Waals surface area contributed by atoms with Gasteiger partial charge in [0.25, 0.3) is 0 Å². The van der Waals surface area contributed by atoms with Gasteiger partial charge in [0.1, 0.15) is 27.5 Å². The molecule has 8 nitrogen and oxygen atoms in total. The molecule has 0 aliphatic heterocycles. The topological polar surface area (TPSA) is 95.8 Å². The van der Waals surface area contributed by atoms with Crippen LogP contribution in [-0.4, -0.2) is 59.8 Å². The third-order valence-electron chi connectivity index (χ3n) is 3.99. The molecule has 0 aliphatic carbocycles. The SMILES string of the molecule is COCc1cc(OC)c(B(O)O)c(OC)c1.COCc1cc(OC)c(Br)c(OC)c1. The van der Waals surface area contributed by atoms with Crippen molar-refractivity contribution in [3.8, 4) is 23.0 Å². The number of rotatable bonds is 9. The zero-order valence-corrected chi connectivity index (χ0v) is 19.6.